The third-order valence-corrected chi connectivity index (χ3v) is 11.1. The van der Waals surface area contributed by atoms with Crippen LogP contribution in [0.15, 0.2) is 206 Å². The smallest absolute Gasteiger partial charge is 0.0553 e. The largest absolute Gasteiger partial charge is 0.311 e. The third kappa shape index (κ3) is 4.74. The molecule has 0 saturated heterocycles. The van der Waals surface area contributed by atoms with Gasteiger partial charge in [-0.1, -0.05) is 140 Å². The van der Waals surface area contributed by atoms with Gasteiger partial charge < -0.3 is 9.47 Å². The fraction of sp³-hybridized carbons (Fsp3) is 0. The van der Waals surface area contributed by atoms with Crippen LogP contribution in [-0.4, -0.2) is 4.57 Å². The number of hydrogen-bond donors (Lipinski definition) is 0. The van der Waals surface area contributed by atoms with Crippen molar-refractivity contribution < 1.29 is 0 Å². The lowest BCUT2D eigenvalue weighted by atomic mass is 9.88. The van der Waals surface area contributed by atoms with Crippen LogP contribution in [0.1, 0.15) is 0 Å². The first-order chi connectivity index (χ1) is 26.8. The standard InChI is InChI=1S/C52H34N2/c1-5-13-35(14-6-1)38-26-32-48-47(33-38)52-46-31-30-45-44(36-23-27-43(28-24-36)53(40-15-7-2-8-16-40)41-17-9-3-10-18-41)29-25-37-21-22-39(51(46)50(37)45)34-49(52)54(48)42-19-11-4-12-20-42/h1-34H. The van der Waals surface area contributed by atoms with Gasteiger partial charge in [0.2, 0.25) is 0 Å². The zero-order valence-corrected chi connectivity index (χ0v) is 29.5. The number of fused-ring (bicyclic) bond motifs is 4. The monoisotopic (exact) mass is 686 g/mol. The summed E-state index contributed by atoms with van der Waals surface area (Å²) in [5.41, 5.74) is 11.9. The summed E-state index contributed by atoms with van der Waals surface area (Å²) >= 11 is 0. The van der Waals surface area contributed by atoms with Gasteiger partial charge in [-0.05, 0) is 121 Å². The van der Waals surface area contributed by atoms with Crippen molar-refractivity contribution in [3.63, 3.8) is 0 Å². The molecule has 2 nitrogen and oxygen atoms in total. The van der Waals surface area contributed by atoms with E-state index in [0.717, 1.165) is 17.1 Å². The Kier molecular flexibility index (Phi) is 6.90. The van der Waals surface area contributed by atoms with E-state index in [0.29, 0.717) is 0 Å². The van der Waals surface area contributed by atoms with Gasteiger partial charge in [-0.25, -0.2) is 0 Å². The zero-order valence-electron chi connectivity index (χ0n) is 29.5. The number of rotatable bonds is 6. The predicted molar refractivity (Wildman–Crippen MR) is 230 cm³/mol. The van der Waals surface area contributed by atoms with Crippen molar-refractivity contribution in [1.29, 1.82) is 0 Å². The summed E-state index contributed by atoms with van der Waals surface area (Å²) < 4.78 is 2.44. The minimum absolute atomic E-state index is 1.13. The average Bonchev–Trinajstić information content (AvgIpc) is 3.58. The van der Waals surface area contributed by atoms with Gasteiger partial charge in [-0.3, -0.25) is 0 Å². The molecular weight excluding hydrogens is 653 g/mol. The molecule has 0 radical (unpaired) electrons. The van der Waals surface area contributed by atoms with E-state index in [2.05, 4.69) is 216 Å². The molecule has 1 aromatic heterocycles. The number of para-hydroxylation sites is 3. The Morgan fingerprint density at radius 2 is 0.870 bits per heavy atom. The summed E-state index contributed by atoms with van der Waals surface area (Å²) in [4.78, 5) is 2.31. The van der Waals surface area contributed by atoms with Gasteiger partial charge in [-0.2, -0.15) is 0 Å². The highest BCUT2D eigenvalue weighted by Crippen LogP contribution is 2.46. The second kappa shape index (κ2) is 12.2. The second-order valence-corrected chi connectivity index (χ2v) is 14.1. The summed E-state index contributed by atoms with van der Waals surface area (Å²) in [5, 5.41) is 10.3. The molecule has 0 atom stereocenters. The lowest BCUT2D eigenvalue weighted by Crippen LogP contribution is -2.09. The van der Waals surface area contributed by atoms with E-state index < -0.39 is 0 Å². The molecule has 0 bridgehead atoms. The molecule has 2 heteroatoms. The van der Waals surface area contributed by atoms with Crippen molar-refractivity contribution in [2.24, 2.45) is 0 Å². The molecule has 0 amide bonds. The van der Waals surface area contributed by atoms with E-state index in [9.17, 15) is 0 Å². The maximum Gasteiger partial charge on any atom is 0.0553 e. The first kappa shape index (κ1) is 30.5. The second-order valence-electron chi connectivity index (χ2n) is 14.1. The first-order valence-electron chi connectivity index (χ1n) is 18.6. The number of hydrogen-bond acceptors (Lipinski definition) is 1. The normalized spacial score (nSPS) is 11.7. The van der Waals surface area contributed by atoms with Crippen molar-refractivity contribution in [1.82, 2.24) is 4.57 Å². The topological polar surface area (TPSA) is 8.17 Å². The lowest BCUT2D eigenvalue weighted by Gasteiger charge is -2.25. The molecule has 0 aliphatic carbocycles. The van der Waals surface area contributed by atoms with Gasteiger partial charge in [0, 0.05) is 33.5 Å². The molecule has 11 aromatic rings. The molecule has 0 N–H and O–H groups in total. The van der Waals surface area contributed by atoms with Crippen LogP contribution >= 0.6 is 0 Å². The molecule has 0 saturated carbocycles. The van der Waals surface area contributed by atoms with E-state index in [4.69, 9.17) is 0 Å². The van der Waals surface area contributed by atoms with Crippen molar-refractivity contribution in [3.05, 3.63) is 206 Å². The van der Waals surface area contributed by atoms with Crippen molar-refractivity contribution in [2.75, 3.05) is 4.90 Å². The molecule has 10 aromatic carbocycles. The van der Waals surface area contributed by atoms with E-state index >= 15 is 0 Å². The molecule has 0 fully saturated rings. The van der Waals surface area contributed by atoms with E-state index in [1.165, 1.54) is 82.1 Å². The Bertz CT molecular complexity index is 3070. The van der Waals surface area contributed by atoms with E-state index in [-0.39, 0.29) is 0 Å². The Labute approximate surface area is 313 Å². The molecule has 0 unspecified atom stereocenters. The molecule has 252 valence electrons. The summed E-state index contributed by atoms with van der Waals surface area (Å²) in [6, 6.07) is 75.0. The fourth-order valence-electron chi connectivity index (χ4n) is 8.69. The summed E-state index contributed by atoms with van der Waals surface area (Å²) in [5.74, 6) is 0. The van der Waals surface area contributed by atoms with Crippen LogP contribution in [0.4, 0.5) is 17.1 Å². The van der Waals surface area contributed by atoms with Crippen LogP contribution in [0.25, 0.3) is 82.1 Å². The van der Waals surface area contributed by atoms with Crippen LogP contribution in [-0.2, 0) is 0 Å². The highest BCUT2D eigenvalue weighted by atomic mass is 15.1. The average molecular weight is 687 g/mol. The number of nitrogens with zero attached hydrogens (tertiary/aromatic N) is 2. The number of anilines is 3. The van der Waals surface area contributed by atoms with Crippen molar-refractivity contribution in [3.8, 4) is 27.9 Å². The Morgan fingerprint density at radius 3 is 1.57 bits per heavy atom. The molecule has 54 heavy (non-hydrogen) atoms. The van der Waals surface area contributed by atoms with E-state index in [1.54, 1.807) is 0 Å². The minimum atomic E-state index is 1.13. The third-order valence-electron chi connectivity index (χ3n) is 11.1. The van der Waals surface area contributed by atoms with Crippen LogP contribution < -0.4 is 4.90 Å². The van der Waals surface area contributed by atoms with Gasteiger partial charge in [0.05, 0.1) is 11.0 Å². The Balaban J connectivity index is 1.13. The van der Waals surface area contributed by atoms with Gasteiger partial charge in [0.15, 0.2) is 0 Å². The molecule has 1 heterocycles. The van der Waals surface area contributed by atoms with E-state index in [1.807, 2.05) is 0 Å². The van der Waals surface area contributed by atoms with Gasteiger partial charge >= 0.3 is 0 Å². The van der Waals surface area contributed by atoms with Crippen LogP contribution in [0.2, 0.25) is 0 Å². The molecule has 0 aliphatic heterocycles. The van der Waals surface area contributed by atoms with Crippen LogP contribution in [0, 0.1) is 0 Å². The quantitative estimate of drug-likeness (QED) is 0.158. The summed E-state index contributed by atoms with van der Waals surface area (Å²) in [7, 11) is 0. The van der Waals surface area contributed by atoms with Crippen LogP contribution in [0.5, 0.6) is 0 Å². The SMILES string of the molecule is c1ccc(-c2ccc3c(c2)c2c4ccc5c(-c6ccc(N(c7ccccc7)c7ccccc7)cc6)ccc6ccc(cc2n3-c2ccccc2)c4c65)cc1. The lowest BCUT2D eigenvalue weighted by molar-refractivity contribution is 1.18. The fourth-order valence-corrected chi connectivity index (χ4v) is 8.69. The highest BCUT2D eigenvalue weighted by molar-refractivity contribution is 6.34. The predicted octanol–water partition coefficient (Wildman–Crippen LogP) is 14.5. The van der Waals surface area contributed by atoms with Crippen molar-refractivity contribution >= 4 is 71.2 Å². The Morgan fingerprint density at radius 1 is 0.315 bits per heavy atom. The summed E-state index contributed by atoms with van der Waals surface area (Å²) in [6.45, 7) is 0. The Hall–Kier alpha value is -7.16. The van der Waals surface area contributed by atoms with Crippen LogP contribution in [0.3, 0.4) is 0 Å². The molecule has 0 spiro atoms. The molecule has 0 aliphatic rings. The maximum absolute atomic E-state index is 2.44. The zero-order chi connectivity index (χ0) is 35.6. The number of benzene rings is 10. The highest BCUT2D eigenvalue weighted by Gasteiger charge is 2.20. The molecular formula is C52H34N2. The van der Waals surface area contributed by atoms with Crippen molar-refractivity contribution in [2.45, 2.75) is 0 Å². The molecule has 11 rings (SSSR count). The first-order valence-corrected chi connectivity index (χ1v) is 18.6. The van der Waals surface area contributed by atoms with Gasteiger partial charge in [-0.15, -0.1) is 0 Å². The maximum atomic E-state index is 2.44. The minimum Gasteiger partial charge on any atom is -0.311 e. The number of aromatic nitrogens is 1. The summed E-state index contributed by atoms with van der Waals surface area (Å²) in [6.07, 6.45) is 0. The van der Waals surface area contributed by atoms with Gasteiger partial charge in [0.1, 0.15) is 0 Å². The van der Waals surface area contributed by atoms with Gasteiger partial charge in [0.25, 0.3) is 0 Å².